The molecule has 1 nitrogen and oxygen atoms in total. The van der Waals surface area contributed by atoms with Crippen LogP contribution in [0.15, 0.2) is 47.4 Å². The van der Waals surface area contributed by atoms with Gasteiger partial charge in [-0.05, 0) is 54.5 Å². The van der Waals surface area contributed by atoms with Gasteiger partial charge in [-0.15, -0.1) is 11.8 Å². The SMILES string of the molecule is Fc1ccc(C2CCCSc3ccc(Cl)cc3N2)cc1. The molecule has 0 saturated heterocycles. The zero-order valence-electron chi connectivity index (χ0n) is 10.9. The molecule has 0 saturated carbocycles. The molecule has 1 unspecified atom stereocenters. The van der Waals surface area contributed by atoms with Crippen LogP contribution < -0.4 is 5.32 Å². The second kappa shape index (κ2) is 6.06. The van der Waals surface area contributed by atoms with E-state index in [0.717, 1.165) is 34.9 Å². The Morgan fingerprint density at radius 3 is 2.75 bits per heavy atom. The lowest BCUT2D eigenvalue weighted by molar-refractivity contribution is 0.623. The summed E-state index contributed by atoms with van der Waals surface area (Å²) in [5.41, 5.74) is 2.18. The van der Waals surface area contributed by atoms with Crippen LogP contribution in [0.25, 0.3) is 0 Å². The molecule has 1 aliphatic rings. The number of rotatable bonds is 1. The summed E-state index contributed by atoms with van der Waals surface area (Å²) in [6.07, 6.45) is 2.16. The van der Waals surface area contributed by atoms with Crippen LogP contribution in [-0.4, -0.2) is 5.75 Å². The molecule has 104 valence electrons. The van der Waals surface area contributed by atoms with Crippen molar-refractivity contribution in [2.45, 2.75) is 23.8 Å². The molecule has 4 heteroatoms. The summed E-state index contributed by atoms with van der Waals surface area (Å²) in [4.78, 5) is 1.22. The number of hydrogen-bond donors (Lipinski definition) is 1. The van der Waals surface area contributed by atoms with Gasteiger partial charge in [-0.3, -0.25) is 0 Å². The molecule has 0 radical (unpaired) electrons. The van der Waals surface area contributed by atoms with Crippen LogP contribution in [-0.2, 0) is 0 Å². The number of fused-ring (bicyclic) bond motifs is 1. The molecular formula is C16H15ClFNS. The van der Waals surface area contributed by atoms with E-state index in [1.54, 1.807) is 0 Å². The number of hydrogen-bond acceptors (Lipinski definition) is 2. The van der Waals surface area contributed by atoms with E-state index in [2.05, 4.69) is 11.4 Å². The van der Waals surface area contributed by atoms with Crippen molar-refractivity contribution in [3.8, 4) is 0 Å². The van der Waals surface area contributed by atoms with E-state index >= 15 is 0 Å². The van der Waals surface area contributed by atoms with Crippen LogP contribution in [0.2, 0.25) is 5.02 Å². The van der Waals surface area contributed by atoms with Gasteiger partial charge in [-0.2, -0.15) is 0 Å². The Hall–Kier alpha value is -1.19. The van der Waals surface area contributed by atoms with Gasteiger partial charge in [0.25, 0.3) is 0 Å². The van der Waals surface area contributed by atoms with Gasteiger partial charge < -0.3 is 5.32 Å². The Bertz CT molecular complexity index is 600. The molecule has 2 aromatic carbocycles. The highest BCUT2D eigenvalue weighted by molar-refractivity contribution is 7.99. The van der Waals surface area contributed by atoms with E-state index in [-0.39, 0.29) is 11.9 Å². The first-order valence-electron chi connectivity index (χ1n) is 6.67. The summed E-state index contributed by atoms with van der Waals surface area (Å²) >= 11 is 7.94. The summed E-state index contributed by atoms with van der Waals surface area (Å²) in [6, 6.07) is 12.9. The monoisotopic (exact) mass is 307 g/mol. The van der Waals surface area contributed by atoms with Crippen molar-refractivity contribution in [3.63, 3.8) is 0 Å². The topological polar surface area (TPSA) is 12.0 Å². The second-order valence-corrected chi connectivity index (χ2v) is 6.45. The molecule has 1 aliphatic heterocycles. The minimum absolute atomic E-state index is 0.196. The Kier molecular flexibility index (Phi) is 4.18. The third-order valence-electron chi connectivity index (χ3n) is 3.44. The van der Waals surface area contributed by atoms with Gasteiger partial charge in [0.15, 0.2) is 0 Å². The van der Waals surface area contributed by atoms with Crippen LogP contribution in [0.5, 0.6) is 0 Å². The highest BCUT2D eigenvalue weighted by Crippen LogP contribution is 2.36. The van der Waals surface area contributed by atoms with Gasteiger partial charge in [-0.1, -0.05) is 23.7 Å². The van der Waals surface area contributed by atoms with Gasteiger partial charge >= 0.3 is 0 Å². The fourth-order valence-electron chi connectivity index (χ4n) is 2.42. The summed E-state index contributed by atoms with van der Waals surface area (Å²) in [7, 11) is 0. The molecule has 0 amide bonds. The zero-order chi connectivity index (χ0) is 13.9. The average molecular weight is 308 g/mol. The van der Waals surface area contributed by atoms with E-state index in [9.17, 15) is 4.39 Å². The molecule has 20 heavy (non-hydrogen) atoms. The van der Waals surface area contributed by atoms with Gasteiger partial charge in [0.1, 0.15) is 5.82 Å². The normalized spacial score (nSPS) is 18.6. The maximum atomic E-state index is 13.0. The van der Waals surface area contributed by atoms with Gasteiger partial charge in [0.05, 0.1) is 6.04 Å². The molecule has 1 N–H and O–H groups in total. The van der Waals surface area contributed by atoms with Crippen LogP contribution in [0, 0.1) is 5.82 Å². The summed E-state index contributed by atoms with van der Waals surface area (Å²) in [5, 5.41) is 4.28. The molecular weight excluding hydrogens is 293 g/mol. The molecule has 1 atom stereocenters. The molecule has 2 aromatic rings. The van der Waals surface area contributed by atoms with E-state index in [4.69, 9.17) is 11.6 Å². The molecule has 0 spiro atoms. The van der Waals surface area contributed by atoms with Crippen molar-refractivity contribution < 1.29 is 4.39 Å². The fourth-order valence-corrected chi connectivity index (χ4v) is 3.56. The van der Waals surface area contributed by atoms with Crippen molar-refractivity contribution in [1.82, 2.24) is 0 Å². The van der Waals surface area contributed by atoms with Gasteiger partial charge in [-0.25, -0.2) is 4.39 Å². The minimum atomic E-state index is -0.196. The van der Waals surface area contributed by atoms with Crippen molar-refractivity contribution >= 4 is 29.1 Å². The number of anilines is 1. The molecule has 0 aromatic heterocycles. The average Bonchev–Trinajstić information content (AvgIpc) is 2.42. The largest absolute Gasteiger partial charge is 0.377 e. The first-order valence-corrected chi connectivity index (χ1v) is 8.03. The molecule has 3 rings (SSSR count). The predicted molar refractivity (Wildman–Crippen MR) is 84.2 cm³/mol. The Balaban J connectivity index is 1.91. The van der Waals surface area contributed by atoms with Crippen molar-refractivity contribution in [1.29, 1.82) is 0 Å². The highest BCUT2D eigenvalue weighted by Gasteiger charge is 2.16. The lowest BCUT2D eigenvalue weighted by atomic mass is 10.0. The standard InChI is InChI=1S/C16H15ClFNS/c17-12-5-8-16-15(10-12)19-14(2-1-9-20-16)11-3-6-13(18)7-4-11/h3-8,10,14,19H,1-2,9H2. The van der Waals surface area contributed by atoms with Crippen LogP contribution in [0.3, 0.4) is 0 Å². The third kappa shape index (κ3) is 3.10. The first-order chi connectivity index (χ1) is 9.72. The number of thioether (sulfide) groups is 1. The summed E-state index contributed by atoms with van der Waals surface area (Å²) < 4.78 is 13.0. The maximum Gasteiger partial charge on any atom is 0.123 e. The lowest BCUT2D eigenvalue weighted by Crippen LogP contribution is -2.13. The van der Waals surface area contributed by atoms with Gasteiger partial charge in [0, 0.05) is 15.6 Å². The van der Waals surface area contributed by atoms with Crippen LogP contribution >= 0.6 is 23.4 Å². The fraction of sp³-hybridized carbons (Fsp3) is 0.250. The molecule has 0 bridgehead atoms. The predicted octanol–water partition coefficient (Wildman–Crippen LogP) is 5.52. The number of nitrogens with one attached hydrogen (secondary N) is 1. The summed E-state index contributed by atoms with van der Waals surface area (Å²) in [5.74, 6) is 0.896. The van der Waals surface area contributed by atoms with E-state index in [1.807, 2.05) is 36.0 Å². The zero-order valence-corrected chi connectivity index (χ0v) is 12.5. The van der Waals surface area contributed by atoms with Crippen molar-refractivity contribution in [2.24, 2.45) is 0 Å². The molecule has 0 aliphatic carbocycles. The number of benzene rings is 2. The van der Waals surface area contributed by atoms with E-state index < -0.39 is 0 Å². The van der Waals surface area contributed by atoms with Crippen LogP contribution in [0.4, 0.5) is 10.1 Å². The van der Waals surface area contributed by atoms with Crippen molar-refractivity contribution in [3.05, 3.63) is 58.9 Å². The summed E-state index contributed by atoms with van der Waals surface area (Å²) in [6.45, 7) is 0. The smallest absolute Gasteiger partial charge is 0.123 e. The number of halogens is 2. The van der Waals surface area contributed by atoms with E-state index in [1.165, 1.54) is 17.0 Å². The highest BCUT2D eigenvalue weighted by atomic mass is 35.5. The quantitative estimate of drug-likeness (QED) is 0.744. The minimum Gasteiger partial charge on any atom is -0.377 e. The molecule has 1 heterocycles. The van der Waals surface area contributed by atoms with E-state index in [0.29, 0.717) is 0 Å². The maximum absolute atomic E-state index is 13.0. The Morgan fingerprint density at radius 2 is 1.95 bits per heavy atom. The Labute approximate surface area is 127 Å². The second-order valence-electron chi connectivity index (χ2n) is 4.88. The van der Waals surface area contributed by atoms with Gasteiger partial charge in [0.2, 0.25) is 0 Å². The third-order valence-corrected chi connectivity index (χ3v) is 4.83. The first kappa shape index (κ1) is 13.8. The van der Waals surface area contributed by atoms with Crippen molar-refractivity contribution in [2.75, 3.05) is 11.1 Å². The van der Waals surface area contributed by atoms with Crippen LogP contribution in [0.1, 0.15) is 24.4 Å². The Morgan fingerprint density at radius 1 is 1.15 bits per heavy atom. The molecule has 0 fully saturated rings. The lowest BCUT2D eigenvalue weighted by Gasteiger charge is -2.25.